The van der Waals surface area contributed by atoms with Crippen LogP contribution in [-0.2, 0) is 6.54 Å². The fourth-order valence-corrected chi connectivity index (χ4v) is 4.49. The number of piperidine rings is 1. The molecule has 2 aromatic heterocycles. The van der Waals surface area contributed by atoms with Crippen molar-refractivity contribution in [1.82, 2.24) is 9.88 Å². The third kappa shape index (κ3) is 2.96. The first-order valence-electron chi connectivity index (χ1n) is 7.20. The molecule has 0 amide bonds. The van der Waals surface area contributed by atoms with E-state index in [1.54, 1.807) is 22.7 Å². The highest BCUT2D eigenvalue weighted by atomic mass is 32.1. The molecule has 0 saturated carbocycles. The van der Waals surface area contributed by atoms with Crippen LogP contribution in [0.4, 0.5) is 0 Å². The average Bonchev–Trinajstić information content (AvgIpc) is 3.11. The standard InChI is InChI=1S/C15H21N3S2/c1-11-3-2-4-14(7-16)18(11)8-13-10-20-15(17-13)12-5-6-19-9-12/h5-6,9-11,14H,2-4,7-8,16H2,1H3. The number of hydrogen-bond acceptors (Lipinski definition) is 5. The van der Waals surface area contributed by atoms with Crippen molar-refractivity contribution >= 4 is 22.7 Å². The number of nitrogens with two attached hydrogens (primary N) is 1. The van der Waals surface area contributed by atoms with E-state index in [1.165, 1.54) is 30.5 Å². The van der Waals surface area contributed by atoms with Crippen LogP contribution in [0.3, 0.4) is 0 Å². The lowest BCUT2D eigenvalue weighted by Gasteiger charge is -2.39. The molecule has 2 N–H and O–H groups in total. The highest BCUT2D eigenvalue weighted by Crippen LogP contribution is 2.28. The summed E-state index contributed by atoms with van der Waals surface area (Å²) in [4.78, 5) is 7.33. The maximum atomic E-state index is 5.93. The number of hydrogen-bond donors (Lipinski definition) is 1. The van der Waals surface area contributed by atoms with E-state index in [2.05, 4.69) is 34.0 Å². The van der Waals surface area contributed by atoms with E-state index in [1.807, 2.05) is 0 Å². The molecule has 0 spiro atoms. The Morgan fingerprint density at radius 1 is 1.40 bits per heavy atom. The SMILES string of the molecule is CC1CCCC(CN)N1Cc1csc(-c2ccsc2)n1. The van der Waals surface area contributed by atoms with Gasteiger partial charge in [-0.25, -0.2) is 4.98 Å². The predicted octanol–water partition coefficient (Wildman–Crippen LogP) is 3.57. The lowest BCUT2D eigenvalue weighted by atomic mass is 9.96. The summed E-state index contributed by atoms with van der Waals surface area (Å²) in [5, 5.41) is 7.60. The van der Waals surface area contributed by atoms with Gasteiger partial charge in [-0.3, -0.25) is 4.90 Å². The molecule has 0 aromatic carbocycles. The first-order chi connectivity index (χ1) is 9.78. The summed E-state index contributed by atoms with van der Waals surface area (Å²) in [7, 11) is 0. The van der Waals surface area contributed by atoms with Crippen LogP contribution in [0.15, 0.2) is 22.2 Å². The number of thiazole rings is 1. The molecule has 2 aromatic rings. The third-order valence-electron chi connectivity index (χ3n) is 4.13. The van der Waals surface area contributed by atoms with Crippen molar-refractivity contribution in [3.8, 4) is 10.6 Å². The van der Waals surface area contributed by atoms with Gasteiger partial charge in [-0.2, -0.15) is 11.3 Å². The van der Waals surface area contributed by atoms with Crippen molar-refractivity contribution in [3.63, 3.8) is 0 Å². The highest BCUT2D eigenvalue weighted by Gasteiger charge is 2.27. The quantitative estimate of drug-likeness (QED) is 0.939. The van der Waals surface area contributed by atoms with Crippen LogP contribution in [0.25, 0.3) is 10.6 Å². The number of rotatable bonds is 4. The molecule has 3 heterocycles. The maximum Gasteiger partial charge on any atom is 0.124 e. The largest absolute Gasteiger partial charge is 0.329 e. The van der Waals surface area contributed by atoms with Crippen molar-refractivity contribution in [2.24, 2.45) is 5.73 Å². The first kappa shape index (κ1) is 14.2. The molecule has 108 valence electrons. The zero-order valence-corrected chi connectivity index (χ0v) is 13.4. The zero-order chi connectivity index (χ0) is 13.9. The van der Waals surface area contributed by atoms with Crippen molar-refractivity contribution < 1.29 is 0 Å². The van der Waals surface area contributed by atoms with Gasteiger partial charge >= 0.3 is 0 Å². The topological polar surface area (TPSA) is 42.1 Å². The van der Waals surface area contributed by atoms with E-state index in [-0.39, 0.29) is 0 Å². The highest BCUT2D eigenvalue weighted by molar-refractivity contribution is 7.14. The van der Waals surface area contributed by atoms with Crippen LogP contribution < -0.4 is 5.73 Å². The predicted molar refractivity (Wildman–Crippen MR) is 87.1 cm³/mol. The Bertz CT molecular complexity index is 535. The minimum atomic E-state index is 0.519. The van der Waals surface area contributed by atoms with E-state index in [4.69, 9.17) is 10.7 Å². The van der Waals surface area contributed by atoms with E-state index in [0.717, 1.165) is 18.1 Å². The van der Waals surface area contributed by atoms with E-state index in [0.29, 0.717) is 12.1 Å². The Hall–Kier alpha value is -0.750. The summed E-state index contributed by atoms with van der Waals surface area (Å²) in [6.07, 6.45) is 3.80. The Kier molecular flexibility index (Phi) is 4.51. The van der Waals surface area contributed by atoms with E-state index < -0.39 is 0 Å². The summed E-state index contributed by atoms with van der Waals surface area (Å²) >= 11 is 3.47. The molecule has 5 heteroatoms. The Morgan fingerprint density at radius 3 is 3.05 bits per heavy atom. The number of thiophene rings is 1. The van der Waals surface area contributed by atoms with Crippen molar-refractivity contribution in [2.75, 3.05) is 6.54 Å². The summed E-state index contributed by atoms with van der Waals surface area (Å²) in [5.41, 5.74) is 8.36. The van der Waals surface area contributed by atoms with Gasteiger partial charge in [0.05, 0.1) is 5.69 Å². The summed E-state index contributed by atoms with van der Waals surface area (Å²) < 4.78 is 0. The Morgan fingerprint density at radius 2 is 2.30 bits per heavy atom. The van der Waals surface area contributed by atoms with Crippen LogP contribution >= 0.6 is 22.7 Å². The van der Waals surface area contributed by atoms with Crippen LogP contribution in [0.2, 0.25) is 0 Å². The Balaban J connectivity index is 1.73. The second kappa shape index (κ2) is 6.35. The molecule has 0 aliphatic carbocycles. The summed E-state index contributed by atoms with van der Waals surface area (Å²) in [6, 6.07) is 3.27. The monoisotopic (exact) mass is 307 g/mol. The number of likely N-dealkylation sites (tertiary alicyclic amines) is 1. The van der Waals surface area contributed by atoms with Gasteiger partial charge in [0, 0.05) is 41.5 Å². The molecule has 2 unspecified atom stereocenters. The number of aromatic nitrogens is 1. The lowest BCUT2D eigenvalue weighted by Crippen LogP contribution is -2.48. The Labute approximate surface area is 128 Å². The van der Waals surface area contributed by atoms with Gasteiger partial charge in [-0.1, -0.05) is 6.42 Å². The average molecular weight is 307 g/mol. The molecule has 2 atom stereocenters. The molecule has 1 aliphatic rings. The second-order valence-electron chi connectivity index (χ2n) is 5.50. The van der Waals surface area contributed by atoms with Crippen LogP contribution in [-0.4, -0.2) is 28.5 Å². The normalized spacial score (nSPS) is 24.1. The molecular formula is C15H21N3S2. The van der Waals surface area contributed by atoms with Gasteiger partial charge in [0.25, 0.3) is 0 Å². The van der Waals surface area contributed by atoms with Crippen LogP contribution in [0.5, 0.6) is 0 Å². The second-order valence-corrected chi connectivity index (χ2v) is 7.14. The molecule has 20 heavy (non-hydrogen) atoms. The minimum absolute atomic E-state index is 0.519. The van der Waals surface area contributed by atoms with E-state index in [9.17, 15) is 0 Å². The smallest absolute Gasteiger partial charge is 0.124 e. The van der Waals surface area contributed by atoms with E-state index >= 15 is 0 Å². The van der Waals surface area contributed by atoms with Crippen molar-refractivity contribution in [1.29, 1.82) is 0 Å². The molecule has 3 rings (SSSR count). The van der Waals surface area contributed by atoms with Gasteiger partial charge in [0.15, 0.2) is 0 Å². The third-order valence-corrected chi connectivity index (χ3v) is 5.75. The van der Waals surface area contributed by atoms with Gasteiger partial charge in [-0.05, 0) is 31.2 Å². The number of nitrogens with zero attached hydrogens (tertiary/aromatic N) is 2. The van der Waals surface area contributed by atoms with Gasteiger partial charge in [-0.15, -0.1) is 11.3 Å². The first-order valence-corrected chi connectivity index (χ1v) is 9.03. The van der Waals surface area contributed by atoms with Crippen molar-refractivity contribution in [2.45, 2.75) is 44.8 Å². The molecule has 1 fully saturated rings. The lowest BCUT2D eigenvalue weighted by molar-refractivity contribution is 0.0880. The van der Waals surface area contributed by atoms with Crippen LogP contribution in [0.1, 0.15) is 31.9 Å². The summed E-state index contributed by atoms with van der Waals surface area (Å²) in [6.45, 7) is 4.00. The zero-order valence-electron chi connectivity index (χ0n) is 11.8. The molecule has 3 nitrogen and oxygen atoms in total. The molecular weight excluding hydrogens is 286 g/mol. The van der Waals surface area contributed by atoms with Crippen LogP contribution in [0, 0.1) is 0 Å². The molecule has 0 radical (unpaired) electrons. The van der Waals surface area contributed by atoms with Crippen molar-refractivity contribution in [3.05, 3.63) is 27.9 Å². The minimum Gasteiger partial charge on any atom is -0.329 e. The van der Waals surface area contributed by atoms with Gasteiger partial charge in [0.2, 0.25) is 0 Å². The summed E-state index contributed by atoms with van der Waals surface area (Å²) in [5.74, 6) is 0. The molecule has 0 bridgehead atoms. The van der Waals surface area contributed by atoms with Gasteiger partial charge < -0.3 is 5.73 Å². The maximum absolute atomic E-state index is 5.93. The fourth-order valence-electron chi connectivity index (χ4n) is 2.96. The molecule has 1 saturated heterocycles. The van der Waals surface area contributed by atoms with Gasteiger partial charge in [0.1, 0.15) is 5.01 Å². The fraction of sp³-hybridized carbons (Fsp3) is 0.533. The molecule has 1 aliphatic heterocycles.